The number of carbonyl (C=O) groups excluding carboxylic acids is 2. The fraction of sp³-hybridized carbons (Fsp3) is 0.471. The van der Waals surface area contributed by atoms with E-state index in [0.29, 0.717) is 34.7 Å². The van der Waals surface area contributed by atoms with Crippen LogP contribution in [0.1, 0.15) is 32.1 Å². The summed E-state index contributed by atoms with van der Waals surface area (Å²) in [6, 6.07) is 5.44. The number of amides is 1. The number of rotatable bonds is 2. The molecule has 2 saturated carbocycles. The maximum atomic E-state index is 12.6. The van der Waals surface area contributed by atoms with E-state index in [2.05, 4.69) is 10.3 Å². The molecule has 2 fully saturated rings. The number of hydrogen-bond acceptors (Lipinski definition) is 4. The van der Waals surface area contributed by atoms with E-state index in [4.69, 9.17) is 16.6 Å². The van der Waals surface area contributed by atoms with E-state index in [1.54, 1.807) is 6.07 Å². The minimum absolute atomic E-state index is 0.00267. The summed E-state index contributed by atoms with van der Waals surface area (Å²) in [6.07, 6.45) is 4.37. The van der Waals surface area contributed by atoms with Crippen molar-refractivity contribution in [2.45, 2.75) is 32.1 Å². The van der Waals surface area contributed by atoms with Crippen molar-refractivity contribution in [3.8, 4) is 0 Å². The van der Waals surface area contributed by atoms with Crippen LogP contribution >= 0.6 is 12.2 Å². The molecule has 2 N–H and O–H groups in total. The van der Waals surface area contributed by atoms with E-state index >= 15 is 0 Å². The van der Waals surface area contributed by atoms with Gasteiger partial charge in [0.25, 0.3) is 4.84 Å². The molecule has 1 heterocycles. The lowest BCUT2D eigenvalue weighted by atomic mass is 9.67. The Labute approximate surface area is 138 Å². The summed E-state index contributed by atoms with van der Waals surface area (Å²) in [6.45, 7) is 0. The van der Waals surface area contributed by atoms with Crippen LogP contribution in [0.2, 0.25) is 0 Å². The molecule has 0 spiro atoms. The Morgan fingerprint density at radius 1 is 1.26 bits per heavy atom. The second kappa shape index (κ2) is 5.60. The number of hydrogen-bond donors (Lipinski definition) is 2. The lowest BCUT2D eigenvalue weighted by Crippen LogP contribution is -2.40. The van der Waals surface area contributed by atoms with Gasteiger partial charge in [-0.15, -0.1) is 0 Å². The number of benzene rings is 1. The van der Waals surface area contributed by atoms with Crippen molar-refractivity contribution in [3.63, 3.8) is 0 Å². The van der Waals surface area contributed by atoms with Gasteiger partial charge in [0.05, 0.1) is 5.52 Å². The van der Waals surface area contributed by atoms with Crippen LogP contribution in [0, 0.1) is 22.6 Å². The van der Waals surface area contributed by atoms with Crippen molar-refractivity contribution in [1.82, 2.24) is 4.98 Å². The summed E-state index contributed by atoms with van der Waals surface area (Å²) >= 11 is 4.96. The molecule has 0 radical (unpaired) electrons. The van der Waals surface area contributed by atoms with Crippen molar-refractivity contribution < 1.29 is 14.0 Å². The molecule has 1 amide bonds. The van der Waals surface area contributed by atoms with E-state index in [1.807, 2.05) is 12.1 Å². The van der Waals surface area contributed by atoms with Crippen LogP contribution in [-0.4, -0.2) is 16.7 Å². The highest BCUT2D eigenvalue weighted by Crippen LogP contribution is 2.40. The molecule has 120 valence electrons. The fourth-order valence-corrected chi connectivity index (χ4v) is 4.16. The second-order valence-electron chi connectivity index (χ2n) is 6.61. The highest BCUT2D eigenvalue weighted by molar-refractivity contribution is 7.71. The summed E-state index contributed by atoms with van der Waals surface area (Å²) < 4.78 is 5.37. The van der Waals surface area contributed by atoms with Gasteiger partial charge in [0.2, 0.25) is 5.91 Å². The quantitative estimate of drug-likeness (QED) is 0.821. The molecular weight excluding hydrogens is 312 g/mol. The van der Waals surface area contributed by atoms with E-state index in [1.165, 1.54) is 0 Å². The molecule has 1 aromatic carbocycles. The minimum atomic E-state index is -0.0728. The first-order chi connectivity index (χ1) is 11.1. The molecule has 0 aliphatic heterocycles. The highest BCUT2D eigenvalue weighted by atomic mass is 32.1. The molecule has 23 heavy (non-hydrogen) atoms. The Balaban J connectivity index is 1.50. The van der Waals surface area contributed by atoms with Gasteiger partial charge in [0, 0.05) is 29.5 Å². The van der Waals surface area contributed by atoms with Crippen LogP contribution in [-0.2, 0) is 9.59 Å². The van der Waals surface area contributed by atoms with Crippen molar-refractivity contribution in [2.24, 2.45) is 17.8 Å². The second-order valence-corrected chi connectivity index (χ2v) is 6.98. The largest absolute Gasteiger partial charge is 0.429 e. The molecule has 2 aromatic rings. The Bertz CT molecular complexity index is 822. The normalized spacial score (nSPS) is 27.1. The van der Waals surface area contributed by atoms with Crippen LogP contribution in [0.4, 0.5) is 5.69 Å². The van der Waals surface area contributed by atoms with Gasteiger partial charge in [-0.3, -0.25) is 9.59 Å². The molecule has 2 bridgehead atoms. The predicted octanol–water partition coefficient (Wildman–Crippen LogP) is 3.82. The first kappa shape index (κ1) is 14.6. The highest BCUT2D eigenvalue weighted by Gasteiger charge is 2.41. The Hall–Kier alpha value is -1.95. The number of nitrogens with one attached hydrogen (secondary N) is 2. The smallest absolute Gasteiger partial charge is 0.266 e. The van der Waals surface area contributed by atoms with E-state index in [9.17, 15) is 9.59 Å². The van der Waals surface area contributed by atoms with Gasteiger partial charge in [0.1, 0.15) is 5.78 Å². The number of anilines is 1. The first-order valence-corrected chi connectivity index (χ1v) is 8.48. The fourth-order valence-electron chi connectivity index (χ4n) is 3.96. The number of fused-ring (bicyclic) bond motifs is 3. The van der Waals surface area contributed by atoms with Crippen LogP contribution in [0.3, 0.4) is 0 Å². The number of carbonyl (C=O) groups is 2. The van der Waals surface area contributed by atoms with Crippen LogP contribution in [0.15, 0.2) is 22.6 Å². The van der Waals surface area contributed by atoms with Gasteiger partial charge in [-0.1, -0.05) is 6.42 Å². The van der Waals surface area contributed by atoms with Gasteiger partial charge in [-0.05, 0) is 50.0 Å². The SMILES string of the molecule is O=C(Nc1ccc2[nH]c(=S)oc2c1)C1C[C@H]2CCC[C@@H](C1)C2=O. The Morgan fingerprint density at radius 3 is 2.74 bits per heavy atom. The number of oxazole rings is 1. The molecule has 5 nitrogen and oxygen atoms in total. The van der Waals surface area contributed by atoms with Crippen molar-refractivity contribution in [3.05, 3.63) is 23.0 Å². The maximum Gasteiger partial charge on any atom is 0.266 e. The summed E-state index contributed by atoms with van der Waals surface area (Å²) in [5, 5.41) is 2.96. The van der Waals surface area contributed by atoms with Crippen LogP contribution < -0.4 is 5.32 Å². The Kier molecular flexibility index (Phi) is 3.56. The zero-order valence-corrected chi connectivity index (χ0v) is 13.4. The van der Waals surface area contributed by atoms with Gasteiger partial charge in [-0.2, -0.15) is 0 Å². The Morgan fingerprint density at radius 2 is 2.00 bits per heavy atom. The molecule has 2 aliphatic carbocycles. The zero-order chi connectivity index (χ0) is 16.0. The monoisotopic (exact) mass is 330 g/mol. The number of H-pyrrole nitrogens is 1. The van der Waals surface area contributed by atoms with Crippen LogP contribution in [0.5, 0.6) is 0 Å². The molecule has 3 atom stereocenters. The first-order valence-electron chi connectivity index (χ1n) is 8.07. The topological polar surface area (TPSA) is 75.1 Å². The third kappa shape index (κ3) is 2.72. The minimum Gasteiger partial charge on any atom is -0.429 e. The zero-order valence-electron chi connectivity index (χ0n) is 12.6. The third-order valence-corrected chi connectivity index (χ3v) is 5.29. The lowest BCUT2D eigenvalue weighted by molar-refractivity contribution is -0.136. The molecular formula is C17H18N2O3S. The van der Waals surface area contributed by atoms with E-state index in [0.717, 1.165) is 24.8 Å². The predicted molar refractivity (Wildman–Crippen MR) is 88.6 cm³/mol. The molecule has 4 rings (SSSR count). The standard InChI is InChI=1S/C17H18N2O3S/c20-15-9-2-1-3-10(15)7-11(6-9)16(21)18-12-4-5-13-14(8-12)22-17(23)19-13/h4-5,8-11H,1-3,6-7H2,(H,18,21)(H,19,23)/t9-,10+,11?. The van der Waals surface area contributed by atoms with Crippen molar-refractivity contribution >= 4 is 40.7 Å². The van der Waals surface area contributed by atoms with Crippen molar-refractivity contribution in [1.29, 1.82) is 0 Å². The van der Waals surface area contributed by atoms with Crippen LogP contribution in [0.25, 0.3) is 11.1 Å². The number of aromatic amines is 1. The maximum absolute atomic E-state index is 12.6. The summed E-state index contributed by atoms with van der Waals surface area (Å²) in [7, 11) is 0. The lowest BCUT2D eigenvalue weighted by Gasteiger charge is -2.36. The molecule has 0 saturated heterocycles. The van der Waals surface area contributed by atoms with Gasteiger partial charge in [-0.25, -0.2) is 0 Å². The molecule has 1 aromatic heterocycles. The molecule has 2 aliphatic rings. The molecule has 6 heteroatoms. The van der Waals surface area contributed by atoms with E-state index in [-0.39, 0.29) is 23.7 Å². The van der Waals surface area contributed by atoms with Crippen molar-refractivity contribution in [2.75, 3.05) is 5.32 Å². The molecule has 1 unspecified atom stereocenters. The third-order valence-electron chi connectivity index (χ3n) is 5.11. The van der Waals surface area contributed by atoms with Gasteiger partial charge in [0.15, 0.2) is 5.58 Å². The number of aromatic nitrogens is 1. The number of ketones is 1. The van der Waals surface area contributed by atoms with Gasteiger partial charge < -0.3 is 14.7 Å². The summed E-state index contributed by atoms with van der Waals surface area (Å²) in [5.41, 5.74) is 2.14. The number of Topliss-reactive ketones (excluding diaryl/α,β-unsaturated/α-hetero) is 1. The summed E-state index contributed by atoms with van der Waals surface area (Å²) in [5.74, 6) is 0.483. The summed E-state index contributed by atoms with van der Waals surface area (Å²) in [4.78, 5) is 27.9. The average molecular weight is 330 g/mol. The van der Waals surface area contributed by atoms with Gasteiger partial charge >= 0.3 is 0 Å². The average Bonchev–Trinajstić information content (AvgIpc) is 2.86. The van der Waals surface area contributed by atoms with E-state index < -0.39 is 0 Å².